The number of nitrogens with zero attached hydrogens (tertiary/aromatic N) is 1. The number of anilines is 1. The van der Waals surface area contributed by atoms with E-state index in [-0.39, 0.29) is 29.8 Å². The summed E-state index contributed by atoms with van der Waals surface area (Å²) in [7, 11) is 1.69. The van der Waals surface area contributed by atoms with Crippen molar-refractivity contribution in [1.29, 1.82) is 0 Å². The molecule has 0 spiro atoms. The van der Waals surface area contributed by atoms with E-state index in [9.17, 15) is 4.39 Å². The van der Waals surface area contributed by atoms with Crippen molar-refractivity contribution in [1.82, 2.24) is 15.6 Å². The van der Waals surface area contributed by atoms with E-state index in [1.807, 2.05) is 13.1 Å². The van der Waals surface area contributed by atoms with Gasteiger partial charge >= 0.3 is 0 Å². The van der Waals surface area contributed by atoms with Gasteiger partial charge in [-0.3, -0.25) is 0 Å². The monoisotopic (exact) mass is 539 g/mol. The smallest absolute Gasteiger partial charge is 0.191 e. The van der Waals surface area contributed by atoms with E-state index < -0.39 is 0 Å². The second-order valence-electron chi connectivity index (χ2n) is 6.99. The predicted octanol–water partition coefficient (Wildman–Crippen LogP) is 4.28. The summed E-state index contributed by atoms with van der Waals surface area (Å²) in [6.45, 7) is 5.58. The lowest BCUT2D eigenvalue weighted by atomic mass is 10.1. The molecule has 0 radical (unpaired) electrons. The number of fused-ring (bicyclic) bond motifs is 1. The molecule has 6 nitrogen and oxygen atoms in total. The van der Waals surface area contributed by atoms with Gasteiger partial charge in [0.15, 0.2) is 5.96 Å². The van der Waals surface area contributed by atoms with Crippen molar-refractivity contribution in [2.75, 3.05) is 38.7 Å². The number of aromatic amines is 1. The Hall–Kier alpha value is -2.33. The third-order valence-corrected chi connectivity index (χ3v) is 4.77. The average molecular weight is 539 g/mol. The summed E-state index contributed by atoms with van der Waals surface area (Å²) in [5.74, 6) is 0.553. The molecule has 2 aromatic carbocycles. The Morgan fingerprint density at radius 1 is 1.10 bits per heavy atom. The SMILES string of the molecule is CCNC(=NCc1ccc(NCCOC)cc1)NCCc1c[nH]c2ccc(F)cc12.I. The number of guanidine groups is 1. The van der Waals surface area contributed by atoms with Crippen LogP contribution in [0.4, 0.5) is 10.1 Å². The van der Waals surface area contributed by atoms with Crippen molar-refractivity contribution < 1.29 is 9.13 Å². The Bertz CT molecular complexity index is 958. The number of halogens is 2. The Labute approximate surface area is 200 Å². The lowest BCUT2D eigenvalue weighted by Gasteiger charge is -2.11. The topological polar surface area (TPSA) is 73.5 Å². The molecule has 31 heavy (non-hydrogen) atoms. The molecule has 0 unspecified atom stereocenters. The summed E-state index contributed by atoms with van der Waals surface area (Å²) in [4.78, 5) is 7.86. The molecule has 4 N–H and O–H groups in total. The van der Waals surface area contributed by atoms with Crippen molar-refractivity contribution in [2.24, 2.45) is 4.99 Å². The molecule has 0 fully saturated rings. The quantitative estimate of drug-likeness (QED) is 0.134. The van der Waals surface area contributed by atoms with Crippen molar-refractivity contribution in [3.8, 4) is 0 Å². The molecule has 0 amide bonds. The second-order valence-corrected chi connectivity index (χ2v) is 6.99. The minimum atomic E-state index is -0.217. The molecule has 1 aromatic heterocycles. The molecule has 3 aromatic rings. The largest absolute Gasteiger partial charge is 0.383 e. The highest BCUT2D eigenvalue weighted by atomic mass is 127. The van der Waals surface area contributed by atoms with Crippen LogP contribution in [-0.4, -0.2) is 44.3 Å². The molecule has 0 saturated carbocycles. The number of aliphatic imine (C=N–C) groups is 1. The molecular weight excluding hydrogens is 508 g/mol. The highest BCUT2D eigenvalue weighted by Gasteiger charge is 2.05. The Balaban J connectivity index is 0.00000341. The second kappa shape index (κ2) is 13.2. The molecule has 0 saturated heterocycles. The molecule has 8 heteroatoms. The van der Waals surface area contributed by atoms with Gasteiger partial charge in [-0.1, -0.05) is 12.1 Å². The first-order valence-electron chi connectivity index (χ1n) is 10.3. The van der Waals surface area contributed by atoms with E-state index in [0.29, 0.717) is 19.7 Å². The van der Waals surface area contributed by atoms with Crippen molar-refractivity contribution >= 4 is 46.5 Å². The van der Waals surface area contributed by atoms with Crippen LogP contribution in [0.5, 0.6) is 0 Å². The summed E-state index contributed by atoms with van der Waals surface area (Å²) in [6, 6.07) is 13.1. The van der Waals surface area contributed by atoms with Gasteiger partial charge < -0.3 is 25.7 Å². The summed E-state index contributed by atoms with van der Waals surface area (Å²) >= 11 is 0. The van der Waals surface area contributed by atoms with Gasteiger partial charge in [-0.05, 0) is 54.8 Å². The maximum atomic E-state index is 13.5. The standard InChI is InChI=1S/C23H30FN5O.HI/c1-3-25-23(29-15-17-4-7-20(8-5-17)26-12-13-30-2)27-11-10-18-16-28-22-9-6-19(24)14-21(18)22;/h4-9,14,16,26,28H,3,10-13,15H2,1-2H3,(H2,25,27,29);1H. The molecule has 0 aliphatic heterocycles. The zero-order chi connectivity index (χ0) is 21.2. The molecular formula is C23H31FIN5O. The van der Waals surface area contributed by atoms with E-state index in [0.717, 1.165) is 53.2 Å². The maximum absolute atomic E-state index is 13.5. The minimum absolute atomic E-state index is 0. The van der Waals surface area contributed by atoms with Crippen molar-refractivity contribution in [3.05, 3.63) is 65.6 Å². The zero-order valence-electron chi connectivity index (χ0n) is 18.0. The van der Waals surface area contributed by atoms with Crippen LogP contribution < -0.4 is 16.0 Å². The number of ether oxygens (including phenoxy) is 1. The number of H-pyrrole nitrogens is 1. The van der Waals surface area contributed by atoms with E-state index >= 15 is 0 Å². The van der Waals surface area contributed by atoms with Crippen LogP contribution in [0.2, 0.25) is 0 Å². The van der Waals surface area contributed by atoms with Crippen LogP contribution >= 0.6 is 24.0 Å². The lowest BCUT2D eigenvalue weighted by Crippen LogP contribution is -2.38. The van der Waals surface area contributed by atoms with Gasteiger partial charge in [-0.25, -0.2) is 9.38 Å². The normalized spacial score (nSPS) is 11.3. The fourth-order valence-electron chi connectivity index (χ4n) is 3.21. The number of rotatable bonds is 10. The summed E-state index contributed by atoms with van der Waals surface area (Å²) in [5.41, 5.74) is 4.24. The first-order chi connectivity index (χ1) is 14.7. The highest BCUT2D eigenvalue weighted by Crippen LogP contribution is 2.19. The summed E-state index contributed by atoms with van der Waals surface area (Å²) in [6.07, 6.45) is 2.72. The number of methoxy groups -OCH3 is 1. The van der Waals surface area contributed by atoms with E-state index in [1.165, 1.54) is 6.07 Å². The molecule has 1 heterocycles. The van der Waals surface area contributed by atoms with Crippen molar-refractivity contribution in [3.63, 3.8) is 0 Å². The van der Waals surface area contributed by atoms with Gasteiger partial charge in [0.25, 0.3) is 0 Å². The van der Waals surface area contributed by atoms with E-state index in [2.05, 4.69) is 50.2 Å². The first kappa shape index (κ1) is 24.9. The van der Waals surface area contributed by atoms with Crippen LogP contribution in [0.3, 0.4) is 0 Å². The number of aromatic nitrogens is 1. The van der Waals surface area contributed by atoms with Crippen molar-refractivity contribution in [2.45, 2.75) is 19.9 Å². The lowest BCUT2D eigenvalue weighted by molar-refractivity contribution is 0.211. The van der Waals surface area contributed by atoms with Crippen LogP contribution in [0.25, 0.3) is 10.9 Å². The van der Waals surface area contributed by atoms with Crippen LogP contribution in [0.1, 0.15) is 18.1 Å². The average Bonchev–Trinajstić information content (AvgIpc) is 3.15. The molecule has 0 aliphatic rings. The van der Waals surface area contributed by atoms with E-state index in [4.69, 9.17) is 4.74 Å². The number of benzene rings is 2. The Morgan fingerprint density at radius 2 is 1.90 bits per heavy atom. The molecule has 0 aliphatic carbocycles. The predicted molar refractivity (Wildman–Crippen MR) is 137 cm³/mol. The third kappa shape index (κ3) is 7.70. The van der Waals surface area contributed by atoms with Gasteiger partial charge in [0, 0.05) is 49.5 Å². The Morgan fingerprint density at radius 3 is 2.65 bits per heavy atom. The molecule has 0 atom stereocenters. The fraction of sp³-hybridized carbons (Fsp3) is 0.348. The fourth-order valence-corrected chi connectivity index (χ4v) is 3.21. The van der Waals surface area contributed by atoms with Gasteiger partial charge in [0.2, 0.25) is 0 Å². The van der Waals surface area contributed by atoms with Crippen LogP contribution in [0.15, 0.2) is 53.7 Å². The zero-order valence-corrected chi connectivity index (χ0v) is 20.3. The Kier molecular flexibility index (Phi) is 10.6. The summed E-state index contributed by atoms with van der Waals surface area (Å²) in [5, 5.41) is 10.9. The van der Waals surface area contributed by atoms with Gasteiger partial charge in [0.1, 0.15) is 5.82 Å². The highest BCUT2D eigenvalue weighted by molar-refractivity contribution is 14.0. The number of nitrogens with one attached hydrogen (secondary N) is 4. The number of hydrogen-bond donors (Lipinski definition) is 4. The maximum Gasteiger partial charge on any atom is 0.191 e. The minimum Gasteiger partial charge on any atom is -0.383 e. The van der Waals surface area contributed by atoms with Crippen LogP contribution in [0, 0.1) is 5.82 Å². The molecule has 3 rings (SSSR count). The van der Waals surface area contributed by atoms with Crippen LogP contribution in [-0.2, 0) is 17.7 Å². The molecule has 168 valence electrons. The van der Waals surface area contributed by atoms with Gasteiger partial charge in [-0.2, -0.15) is 0 Å². The van der Waals surface area contributed by atoms with Gasteiger partial charge in [-0.15, -0.1) is 24.0 Å². The third-order valence-electron chi connectivity index (χ3n) is 4.77. The first-order valence-corrected chi connectivity index (χ1v) is 10.3. The number of hydrogen-bond acceptors (Lipinski definition) is 3. The van der Waals surface area contributed by atoms with E-state index in [1.54, 1.807) is 19.2 Å². The molecule has 0 bridgehead atoms. The summed E-state index contributed by atoms with van der Waals surface area (Å²) < 4.78 is 18.6. The van der Waals surface area contributed by atoms with Gasteiger partial charge in [0.05, 0.1) is 13.2 Å².